The van der Waals surface area contributed by atoms with Crippen molar-refractivity contribution in [3.05, 3.63) is 192 Å². The highest BCUT2D eigenvalue weighted by Gasteiger charge is 2.29. The fourth-order valence-electron chi connectivity index (χ4n) is 8.20. The lowest BCUT2D eigenvalue weighted by Crippen LogP contribution is -2.54. The average molecular weight is 653 g/mol. The second kappa shape index (κ2) is 12.6. The lowest BCUT2D eigenvalue weighted by molar-refractivity contribution is 0.601. The molecule has 0 fully saturated rings. The highest BCUT2D eigenvalue weighted by Crippen LogP contribution is 2.40. The molecule has 242 valence electrons. The summed E-state index contributed by atoms with van der Waals surface area (Å²) in [7, 11) is 0. The van der Waals surface area contributed by atoms with E-state index in [9.17, 15) is 0 Å². The fraction of sp³-hybridized carbons (Fsp3) is 0.0612. The first-order valence-corrected chi connectivity index (χ1v) is 17.8. The molecule has 7 aromatic carbocycles. The smallest absolute Gasteiger partial charge is 0.243 e. The third kappa shape index (κ3) is 5.36. The van der Waals surface area contributed by atoms with Crippen molar-refractivity contribution in [1.82, 2.24) is 0 Å². The second-order valence-corrected chi connectivity index (χ2v) is 13.8. The van der Waals surface area contributed by atoms with Gasteiger partial charge < -0.3 is 4.42 Å². The van der Waals surface area contributed by atoms with Gasteiger partial charge in [-0.05, 0) is 75.9 Å². The van der Waals surface area contributed by atoms with Crippen LogP contribution in [0.25, 0.3) is 60.5 Å². The molecule has 0 aliphatic heterocycles. The zero-order valence-electron chi connectivity index (χ0n) is 29.0. The van der Waals surface area contributed by atoms with Gasteiger partial charge in [0.05, 0.1) is 0 Å². The Labute approximate surface area is 299 Å². The molecule has 0 amide bonds. The van der Waals surface area contributed by atoms with E-state index in [1.165, 1.54) is 70.8 Å². The Bertz CT molecular complexity index is 2690. The van der Waals surface area contributed by atoms with E-state index in [-0.39, 0.29) is 6.71 Å². The molecule has 1 aromatic heterocycles. The Morgan fingerprint density at radius 2 is 1.24 bits per heavy atom. The molecule has 51 heavy (non-hydrogen) atoms. The van der Waals surface area contributed by atoms with Crippen molar-refractivity contribution < 1.29 is 4.42 Å². The van der Waals surface area contributed by atoms with Crippen LogP contribution in [0, 0.1) is 13.8 Å². The van der Waals surface area contributed by atoms with Gasteiger partial charge in [-0.3, -0.25) is 0 Å². The summed E-state index contributed by atoms with van der Waals surface area (Å²) in [6, 6.07) is 47.0. The first kappa shape index (κ1) is 30.9. The van der Waals surface area contributed by atoms with Gasteiger partial charge >= 0.3 is 0 Å². The molecule has 1 heterocycles. The van der Waals surface area contributed by atoms with Crippen LogP contribution in [0.1, 0.15) is 22.5 Å². The van der Waals surface area contributed by atoms with Gasteiger partial charge in [0.25, 0.3) is 0 Å². The van der Waals surface area contributed by atoms with Gasteiger partial charge in [-0.2, -0.15) is 0 Å². The highest BCUT2D eigenvalue weighted by atomic mass is 16.3. The highest BCUT2D eigenvalue weighted by molar-refractivity contribution is 6.98. The lowest BCUT2D eigenvalue weighted by atomic mass is 9.34. The topological polar surface area (TPSA) is 13.1 Å². The Morgan fingerprint density at radius 3 is 1.94 bits per heavy atom. The van der Waals surface area contributed by atoms with Gasteiger partial charge in [-0.25, -0.2) is 0 Å². The molecular weight excluding hydrogens is 615 g/mol. The minimum atomic E-state index is 0.00834. The molecule has 9 rings (SSSR count). The Kier molecular flexibility index (Phi) is 7.66. The van der Waals surface area contributed by atoms with Crippen LogP contribution < -0.4 is 16.4 Å². The monoisotopic (exact) mass is 652 g/mol. The van der Waals surface area contributed by atoms with E-state index in [0.717, 1.165) is 34.5 Å². The van der Waals surface area contributed by atoms with E-state index >= 15 is 0 Å². The van der Waals surface area contributed by atoms with E-state index < -0.39 is 0 Å². The maximum absolute atomic E-state index is 6.90. The summed E-state index contributed by atoms with van der Waals surface area (Å²) in [6.07, 6.45) is 13.3. The Balaban J connectivity index is 1.33. The SMILES string of the molecule is C=C1/C=C\C=C/Cc2c(oc3c(-c4cccc(B(c5c(C)ccc6ccccc56)c5c(C)ccc6ccccc56)c4)cc4ccccc4c23)/C=C\1. The van der Waals surface area contributed by atoms with Crippen LogP contribution in [-0.4, -0.2) is 6.71 Å². The van der Waals surface area contributed by atoms with Crippen molar-refractivity contribution in [2.24, 2.45) is 0 Å². The van der Waals surface area contributed by atoms with Crippen molar-refractivity contribution in [1.29, 1.82) is 0 Å². The van der Waals surface area contributed by atoms with Crippen LogP contribution in [0.15, 0.2) is 174 Å². The van der Waals surface area contributed by atoms with Crippen LogP contribution in [0.5, 0.6) is 0 Å². The average Bonchev–Trinajstić information content (AvgIpc) is 3.54. The molecular formula is C49H37BO. The summed E-state index contributed by atoms with van der Waals surface area (Å²) in [4.78, 5) is 0. The summed E-state index contributed by atoms with van der Waals surface area (Å²) >= 11 is 0. The molecule has 0 radical (unpaired) electrons. The predicted octanol–water partition coefficient (Wildman–Crippen LogP) is 10.9. The molecule has 1 nitrogen and oxygen atoms in total. The molecule has 2 heteroatoms. The normalized spacial score (nSPS) is 14.9. The van der Waals surface area contributed by atoms with Crippen LogP contribution in [-0.2, 0) is 6.42 Å². The molecule has 0 spiro atoms. The van der Waals surface area contributed by atoms with Crippen LogP contribution >= 0.6 is 0 Å². The second-order valence-electron chi connectivity index (χ2n) is 13.8. The molecule has 0 saturated carbocycles. The number of benzene rings is 7. The van der Waals surface area contributed by atoms with Crippen molar-refractivity contribution in [3.63, 3.8) is 0 Å². The molecule has 0 saturated heterocycles. The van der Waals surface area contributed by atoms with E-state index in [1.54, 1.807) is 0 Å². The lowest BCUT2D eigenvalue weighted by Gasteiger charge is -2.24. The number of aryl methyl sites for hydroxylation is 2. The predicted molar refractivity (Wildman–Crippen MR) is 221 cm³/mol. The van der Waals surface area contributed by atoms with E-state index in [0.29, 0.717) is 0 Å². The number of rotatable bonds is 4. The van der Waals surface area contributed by atoms with Gasteiger partial charge in [0, 0.05) is 16.5 Å². The Morgan fingerprint density at radius 1 is 0.588 bits per heavy atom. The number of fused-ring (bicyclic) bond motifs is 7. The summed E-state index contributed by atoms with van der Waals surface area (Å²) < 4.78 is 6.90. The third-order valence-electron chi connectivity index (χ3n) is 10.6. The third-order valence-corrected chi connectivity index (χ3v) is 10.6. The maximum atomic E-state index is 6.90. The van der Waals surface area contributed by atoms with Crippen LogP contribution in [0.2, 0.25) is 0 Å². The quantitative estimate of drug-likeness (QED) is 0.173. The number of furan rings is 1. The van der Waals surface area contributed by atoms with Crippen molar-refractivity contribution in [3.8, 4) is 11.1 Å². The first-order chi connectivity index (χ1) is 25.0. The number of hydrogen-bond acceptors (Lipinski definition) is 1. The molecule has 1 aliphatic rings. The largest absolute Gasteiger partial charge is 0.456 e. The summed E-state index contributed by atoms with van der Waals surface area (Å²) in [6.45, 7) is 8.75. The van der Waals surface area contributed by atoms with Crippen LogP contribution in [0.4, 0.5) is 0 Å². The van der Waals surface area contributed by atoms with Gasteiger partial charge in [0.15, 0.2) is 0 Å². The first-order valence-electron chi connectivity index (χ1n) is 17.8. The van der Waals surface area contributed by atoms with Crippen LogP contribution in [0.3, 0.4) is 0 Å². The molecule has 0 N–H and O–H groups in total. The van der Waals surface area contributed by atoms with Crippen molar-refractivity contribution >= 4 is 72.5 Å². The minimum Gasteiger partial charge on any atom is -0.456 e. The van der Waals surface area contributed by atoms with Crippen molar-refractivity contribution in [2.45, 2.75) is 20.3 Å². The minimum absolute atomic E-state index is 0.00834. The van der Waals surface area contributed by atoms with E-state index in [1.807, 2.05) is 12.2 Å². The molecule has 0 atom stereocenters. The number of hydrogen-bond donors (Lipinski definition) is 0. The number of allylic oxidation sites excluding steroid dienone is 6. The van der Waals surface area contributed by atoms with Gasteiger partial charge in [0.2, 0.25) is 6.71 Å². The van der Waals surface area contributed by atoms with Crippen molar-refractivity contribution in [2.75, 3.05) is 0 Å². The molecule has 1 aliphatic carbocycles. The Hall–Kier alpha value is -6.12. The van der Waals surface area contributed by atoms with Gasteiger partial charge in [-0.1, -0.05) is 186 Å². The fourth-order valence-corrected chi connectivity index (χ4v) is 8.20. The standard InChI is InChI=1S/C49H37BO/c1-32-14-5-4-6-23-43-45(29-24-32)51-49-44(31-38-17-9-10-20-40(38)46(43)49)37-18-13-19-39(30-37)50(47-33(2)25-27-35-15-7-11-21-41(35)47)48-34(3)26-28-36-16-8-12-22-42(36)48/h4-22,24-31H,1,23H2,2-3H3/b6-4-,14-5-,29-24-. The zero-order chi connectivity index (χ0) is 34.5. The summed E-state index contributed by atoms with van der Waals surface area (Å²) in [5.41, 5.74) is 11.9. The van der Waals surface area contributed by atoms with Gasteiger partial charge in [-0.15, -0.1) is 0 Å². The maximum Gasteiger partial charge on any atom is 0.243 e. The van der Waals surface area contributed by atoms with E-state index in [4.69, 9.17) is 4.42 Å². The van der Waals surface area contributed by atoms with Gasteiger partial charge in [0.1, 0.15) is 11.3 Å². The summed E-state index contributed by atoms with van der Waals surface area (Å²) in [5.74, 6) is 0.885. The van der Waals surface area contributed by atoms with E-state index in [2.05, 4.69) is 172 Å². The molecule has 0 unspecified atom stereocenters. The summed E-state index contributed by atoms with van der Waals surface area (Å²) in [5, 5.41) is 8.69. The molecule has 0 bridgehead atoms. The molecule has 8 aromatic rings. The zero-order valence-corrected chi connectivity index (χ0v) is 29.0.